The van der Waals surface area contributed by atoms with Crippen LogP contribution in [-0.4, -0.2) is 26.4 Å². The lowest BCUT2D eigenvalue weighted by Crippen LogP contribution is -2.27. The van der Waals surface area contributed by atoms with E-state index in [2.05, 4.69) is 20.8 Å². The van der Waals surface area contributed by atoms with Gasteiger partial charge in [0.15, 0.2) is 17.2 Å². The highest BCUT2D eigenvalue weighted by molar-refractivity contribution is 7.18. The molecule has 4 rings (SSSR count). The molecule has 0 bridgehead atoms. The summed E-state index contributed by atoms with van der Waals surface area (Å²) in [7, 11) is 0. The highest BCUT2D eigenvalue weighted by atomic mass is 32.1. The van der Waals surface area contributed by atoms with Crippen LogP contribution in [0.4, 0.5) is 5.00 Å². The number of anilines is 1. The molecule has 0 spiro atoms. The van der Waals surface area contributed by atoms with Crippen molar-refractivity contribution >= 4 is 33.8 Å². The van der Waals surface area contributed by atoms with E-state index >= 15 is 0 Å². The number of pyridine rings is 1. The van der Waals surface area contributed by atoms with E-state index in [0.717, 1.165) is 0 Å². The Bertz CT molecular complexity index is 1100. The second kappa shape index (κ2) is 7.04. The molecular weight excluding hydrogens is 366 g/mol. The molecule has 0 aliphatic heterocycles. The van der Waals surface area contributed by atoms with Crippen molar-refractivity contribution in [2.24, 2.45) is 0 Å². The number of carbonyl (C=O) groups is 2. The molecule has 136 valence electrons. The van der Waals surface area contributed by atoms with Crippen molar-refractivity contribution in [1.82, 2.24) is 19.9 Å². The maximum absolute atomic E-state index is 12.5. The molecule has 0 aromatic carbocycles. The summed E-state index contributed by atoms with van der Waals surface area (Å²) in [6, 6.07) is 11.8. The predicted molar refractivity (Wildman–Crippen MR) is 99.8 cm³/mol. The number of hydrogen-bond acceptors (Lipinski definition) is 6. The van der Waals surface area contributed by atoms with Crippen LogP contribution in [0.5, 0.6) is 0 Å². The van der Waals surface area contributed by atoms with Crippen molar-refractivity contribution in [3.05, 3.63) is 71.4 Å². The summed E-state index contributed by atoms with van der Waals surface area (Å²) in [6.07, 6.45) is 3.28. The summed E-state index contributed by atoms with van der Waals surface area (Å²) >= 11 is 1.18. The number of amides is 2. The second-order valence-corrected chi connectivity index (χ2v) is 6.86. The van der Waals surface area contributed by atoms with Crippen LogP contribution < -0.4 is 10.6 Å². The molecule has 27 heavy (non-hydrogen) atoms. The van der Waals surface area contributed by atoms with E-state index in [1.165, 1.54) is 17.6 Å². The normalized spacial score (nSPS) is 12.0. The Hall–Kier alpha value is -3.46. The molecule has 0 fully saturated rings. The Balaban J connectivity index is 1.44. The van der Waals surface area contributed by atoms with E-state index in [0.29, 0.717) is 21.3 Å². The van der Waals surface area contributed by atoms with Gasteiger partial charge in [-0.1, -0.05) is 6.07 Å². The Morgan fingerprint density at radius 1 is 1.11 bits per heavy atom. The average Bonchev–Trinajstić information content (AvgIpc) is 3.41. The van der Waals surface area contributed by atoms with E-state index in [-0.39, 0.29) is 23.6 Å². The third-order valence-corrected chi connectivity index (χ3v) is 4.89. The Labute approximate surface area is 157 Å². The van der Waals surface area contributed by atoms with Gasteiger partial charge in [-0.2, -0.15) is 0 Å². The molecule has 0 aliphatic rings. The third-order valence-electron chi connectivity index (χ3n) is 3.89. The molecule has 0 radical (unpaired) electrons. The van der Waals surface area contributed by atoms with Crippen LogP contribution in [0.25, 0.3) is 5.65 Å². The van der Waals surface area contributed by atoms with Crippen LogP contribution in [0.2, 0.25) is 0 Å². The number of nitrogens with one attached hydrogen (secondary N) is 2. The van der Waals surface area contributed by atoms with E-state index in [1.807, 2.05) is 35.7 Å². The zero-order valence-electron chi connectivity index (χ0n) is 14.2. The van der Waals surface area contributed by atoms with Gasteiger partial charge in [0, 0.05) is 6.20 Å². The quantitative estimate of drug-likeness (QED) is 0.553. The van der Waals surface area contributed by atoms with Crippen molar-refractivity contribution in [1.29, 1.82) is 0 Å². The minimum atomic E-state index is -0.364. The summed E-state index contributed by atoms with van der Waals surface area (Å²) in [6.45, 7) is 1.84. The van der Waals surface area contributed by atoms with E-state index in [1.54, 1.807) is 24.3 Å². The number of carbonyl (C=O) groups excluding carboxylic acids is 2. The van der Waals surface area contributed by atoms with Gasteiger partial charge in [0.05, 0.1) is 22.2 Å². The fourth-order valence-electron chi connectivity index (χ4n) is 2.60. The van der Waals surface area contributed by atoms with Gasteiger partial charge in [0.2, 0.25) is 0 Å². The van der Waals surface area contributed by atoms with Gasteiger partial charge in [-0.05, 0) is 43.3 Å². The molecule has 0 saturated heterocycles. The van der Waals surface area contributed by atoms with Gasteiger partial charge in [-0.3, -0.25) is 14.0 Å². The predicted octanol–water partition coefficient (Wildman–Crippen LogP) is 3.13. The van der Waals surface area contributed by atoms with Crippen molar-refractivity contribution in [3.8, 4) is 0 Å². The summed E-state index contributed by atoms with van der Waals surface area (Å²) in [5.41, 5.74) is 0.715. The monoisotopic (exact) mass is 381 g/mol. The highest BCUT2D eigenvalue weighted by Gasteiger charge is 2.18. The molecular formula is C18H15N5O3S. The first-order chi connectivity index (χ1) is 13.1. The Morgan fingerprint density at radius 2 is 2.00 bits per heavy atom. The summed E-state index contributed by atoms with van der Waals surface area (Å²) in [5, 5.41) is 14.4. The Kier molecular flexibility index (Phi) is 4.43. The van der Waals surface area contributed by atoms with Crippen molar-refractivity contribution in [2.75, 3.05) is 5.32 Å². The average molecular weight is 381 g/mol. The van der Waals surface area contributed by atoms with Gasteiger partial charge in [0.25, 0.3) is 11.8 Å². The summed E-state index contributed by atoms with van der Waals surface area (Å²) < 4.78 is 6.88. The number of rotatable bonds is 5. The van der Waals surface area contributed by atoms with Crippen molar-refractivity contribution < 1.29 is 14.0 Å². The highest BCUT2D eigenvalue weighted by Crippen LogP contribution is 2.23. The van der Waals surface area contributed by atoms with Gasteiger partial charge in [-0.25, -0.2) is 0 Å². The van der Waals surface area contributed by atoms with Crippen LogP contribution >= 0.6 is 11.3 Å². The van der Waals surface area contributed by atoms with Crippen molar-refractivity contribution in [3.63, 3.8) is 0 Å². The van der Waals surface area contributed by atoms with Gasteiger partial charge >= 0.3 is 0 Å². The molecule has 2 amide bonds. The summed E-state index contributed by atoms with van der Waals surface area (Å²) in [4.78, 5) is 25.0. The van der Waals surface area contributed by atoms with E-state index in [4.69, 9.17) is 4.42 Å². The van der Waals surface area contributed by atoms with Gasteiger partial charge in [-0.15, -0.1) is 21.5 Å². The molecule has 8 nitrogen and oxygen atoms in total. The topological polar surface area (TPSA) is 102 Å². The molecule has 4 aromatic rings. The van der Waals surface area contributed by atoms with E-state index in [9.17, 15) is 9.59 Å². The molecule has 1 atom stereocenters. The number of furan rings is 1. The smallest absolute Gasteiger partial charge is 0.291 e. The largest absolute Gasteiger partial charge is 0.459 e. The first kappa shape index (κ1) is 17.0. The fourth-order valence-corrected chi connectivity index (χ4v) is 3.40. The molecule has 4 aromatic heterocycles. The summed E-state index contributed by atoms with van der Waals surface area (Å²) in [5.74, 6) is 0.236. The zero-order valence-corrected chi connectivity index (χ0v) is 15.1. The minimum Gasteiger partial charge on any atom is -0.459 e. The molecule has 0 aliphatic carbocycles. The third kappa shape index (κ3) is 3.44. The maximum Gasteiger partial charge on any atom is 0.291 e. The lowest BCUT2D eigenvalue weighted by molar-refractivity contribution is 0.0941. The standard InChI is InChI=1S/C18H15N5O3S/c1-11(16-22-21-14-6-2-3-9-23(14)16)19-18(25)13-7-8-15(27-13)20-17(24)12-5-4-10-26-12/h2-11H,1H3,(H,19,25)(H,20,24). The molecule has 1 unspecified atom stereocenters. The number of nitrogens with zero attached hydrogens (tertiary/aromatic N) is 3. The van der Waals surface area contributed by atoms with Crippen LogP contribution in [-0.2, 0) is 0 Å². The number of hydrogen-bond donors (Lipinski definition) is 2. The van der Waals surface area contributed by atoms with E-state index < -0.39 is 0 Å². The molecule has 9 heteroatoms. The first-order valence-corrected chi connectivity index (χ1v) is 8.98. The van der Waals surface area contributed by atoms with Crippen LogP contribution in [0.1, 0.15) is 39.0 Å². The number of fused-ring (bicyclic) bond motifs is 1. The maximum atomic E-state index is 12.5. The lowest BCUT2D eigenvalue weighted by atomic mass is 10.3. The number of aromatic nitrogens is 3. The number of thiophene rings is 1. The zero-order chi connectivity index (χ0) is 18.8. The SMILES string of the molecule is CC(NC(=O)c1ccc(NC(=O)c2ccco2)s1)c1nnc2ccccn12. The minimum absolute atomic E-state index is 0.210. The second-order valence-electron chi connectivity index (χ2n) is 5.78. The van der Waals surface area contributed by atoms with Gasteiger partial charge in [0.1, 0.15) is 0 Å². The molecule has 2 N–H and O–H groups in total. The lowest BCUT2D eigenvalue weighted by Gasteiger charge is -2.11. The fraction of sp³-hybridized carbons (Fsp3) is 0.111. The molecule has 4 heterocycles. The van der Waals surface area contributed by atoms with Gasteiger partial charge < -0.3 is 15.1 Å². The first-order valence-electron chi connectivity index (χ1n) is 8.17. The van der Waals surface area contributed by atoms with Crippen LogP contribution in [0.3, 0.4) is 0 Å². The molecule has 0 saturated carbocycles. The Morgan fingerprint density at radius 3 is 2.81 bits per heavy atom. The van der Waals surface area contributed by atoms with Crippen LogP contribution in [0, 0.1) is 0 Å². The van der Waals surface area contributed by atoms with Crippen LogP contribution in [0.15, 0.2) is 59.3 Å². The van der Waals surface area contributed by atoms with Crippen molar-refractivity contribution in [2.45, 2.75) is 13.0 Å².